The Morgan fingerprint density at radius 3 is 2.74 bits per heavy atom. The van der Waals surface area contributed by atoms with Crippen LogP contribution in [0, 0.1) is 16.0 Å². The van der Waals surface area contributed by atoms with E-state index in [4.69, 9.17) is 4.74 Å². The molecule has 0 atom stereocenters. The van der Waals surface area contributed by atoms with Crippen LogP contribution in [-0.2, 0) is 11.2 Å². The normalized spacial score (nSPS) is 14.6. The van der Waals surface area contributed by atoms with E-state index in [-0.39, 0.29) is 23.8 Å². The number of pyridine rings is 1. The largest absolute Gasteiger partial charge is 0.457 e. The molecule has 1 fully saturated rings. The second kappa shape index (κ2) is 8.59. The first-order chi connectivity index (χ1) is 13.1. The predicted molar refractivity (Wildman–Crippen MR) is 101 cm³/mol. The molecule has 2 heterocycles. The number of nitrogens with one attached hydrogen (secondary N) is 2. The average Bonchev–Trinajstić information content (AvgIpc) is 2.69. The Bertz CT molecular complexity index is 834. The molecular formula is C19H22N4O4. The number of aromatic nitrogens is 1. The first-order valence-corrected chi connectivity index (χ1v) is 8.89. The molecule has 3 rings (SSSR count). The monoisotopic (exact) mass is 370 g/mol. The van der Waals surface area contributed by atoms with E-state index in [1.54, 1.807) is 37.5 Å². The number of carbonyl (C=O) groups excluding carboxylic acids is 1. The number of benzene rings is 1. The molecule has 1 aliphatic heterocycles. The van der Waals surface area contributed by atoms with Gasteiger partial charge in [0.1, 0.15) is 23.0 Å². The van der Waals surface area contributed by atoms with Crippen molar-refractivity contribution in [3.8, 4) is 11.5 Å². The molecule has 1 saturated heterocycles. The number of ketones is 1. The Morgan fingerprint density at radius 2 is 2.04 bits per heavy atom. The zero-order valence-electron chi connectivity index (χ0n) is 15.1. The quantitative estimate of drug-likeness (QED) is 0.570. The van der Waals surface area contributed by atoms with Crippen molar-refractivity contribution in [3.05, 3.63) is 52.3 Å². The van der Waals surface area contributed by atoms with E-state index in [9.17, 15) is 14.9 Å². The first kappa shape index (κ1) is 18.8. The topological polar surface area (TPSA) is 106 Å². The van der Waals surface area contributed by atoms with Gasteiger partial charge in [-0.15, -0.1) is 0 Å². The average molecular weight is 370 g/mol. The standard InChI is InChI=1S/C19H22N4O4/c1-20-17-3-2-15(12-18(17)23(25)26)27-16-6-9-22-14(10-16)11-19(24)13-4-7-21-8-5-13/h2-3,6,9-10,12-13,20-21H,4-5,7-8,11H2,1H3. The number of nitro benzene ring substituents is 1. The Morgan fingerprint density at radius 1 is 1.30 bits per heavy atom. The van der Waals surface area contributed by atoms with Gasteiger partial charge in [-0.3, -0.25) is 19.9 Å². The van der Waals surface area contributed by atoms with Crippen molar-refractivity contribution in [2.45, 2.75) is 19.3 Å². The van der Waals surface area contributed by atoms with Crippen molar-refractivity contribution in [1.82, 2.24) is 10.3 Å². The van der Waals surface area contributed by atoms with Crippen molar-refractivity contribution < 1.29 is 14.5 Å². The summed E-state index contributed by atoms with van der Waals surface area (Å²) in [6.45, 7) is 1.74. The molecule has 2 aromatic rings. The summed E-state index contributed by atoms with van der Waals surface area (Å²) >= 11 is 0. The van der Waals surface area contributed by atoms with Crippen LogP contribution in [0.5, 0.6) is 11.5 Å². The van der Waals surface area contributed by atoms with Gasteiger partial charge in [-0.1, -0.05) is 0 Å². The number of ether oxygens (including phenoxy) is 1. The maximum absolute atomic E-state index is 12.4. The lowest BCUT2D eigenvalue weighted by atomic mass is 9.91. The lowest BCUT2D eigenvalue weighted by molar-refractivity contribution is -0.384. The molecule has 27 heavy (non-hydrogen) atoms. The number of Topliss-reactive ketones (excluding diaryl/α,β-unsaturated/α-hetero) is 1. The van der Waals surface area contributed by atoms with Crippen LogP contribution in [0.1, 0.15) is 18.5 Å². The van der Waals surface area contributed by atoms with E-state index in [2.05, 4.69) is 15.6 Å². The van der Waals surface area contributed by atoms with E-state index in [0.29, 0.717) is 22.9 Å². The number of piperidine rings is 1. The molecule has 0 saturated carbocycles. The number of rotatable bonds is 7. The van der Waals surface area contributed by atoms with Gasteiger partial charge < -0.3 is 15.4 Å². The number of nitro groups is 1. The Kier molecular flexibility index (Phi) is 5.97. The van der Waals surface area contributed by atoms with Crippen LogP contribution >= 0.6 is 0 Å². The molecule has 8 nitrogen and oxygen atoms in total. The number of hydrogen-bond acceptors (Lipinski definition) is 7. The highest BCUT2D eigenvalue weighted by atomic mass is 16.6. The van der Waals surface area contributed by atoms with Crippen LogP contribution in [0.25, 0.3) is 0 Å². The molecule has 0 aliphatic carbocycles. The molecule has 1 aromatic carbocycles. The van der Waals surface area contributed by atoms with Gasteiger partial charge in [0.25, 0.3) is 5.69 Å². The summed E-state index contributed by atoms with van der Waals surface area (Å²) in [6, 6.07) is 7.98. The molecule has 2 N–H and O–H groups in total. The van der Waals surface area contributed by atoms with Crippen LogP contribution in [0.3, 0.4) is 0 Å². The van der Waals surface area contributed by atoms with Gasteiger partial charge in [0.05, 0.1) is 16.7 Å². The molecular weight excluding hydrogens is 348 g/mol. The second-order valence-corrected chi connectivity index (χ2v) is 6.44. The lowest BCUT2D eigenvalue weighted by Gasteiger charge is -2.21. The zero-order valence-corrected chi connectivity index (χ0v) is 15.1. The molecule has 1 aliphatic rings. The van der Waals surface area contributed by atoms with Crippen molar-refractivity contribution >= 4 is 17.2 Å². The summed E-state index contributed by atoms with van der Waals surface area (Å²) in [6.07, 6.45) is 3.56. The summed E-state index contributed by atoms with van der Waals surface area (Å²) in [4.78, 5) is 27.4. The highest BCUT2D eigenvalue weighted by Crippen LogP contribution is 2.31. The van der Waals surface area contributed by atoms with Crippen LogP contribution in [0.15, 0.2) is 36.5 Å². The third kappa shape index (κ3) is 4.79. The molecule has 8 heteroatoms. The molecule has 0 spiro atoms. The summed E-state index contributed by atoms with van der Waals surface area (Å²) in [5.74, 6) is 1.11. The summed E-state index contributed by atoms with van der Waals surface area (Å²) in [7, 11) is 1.62. The zero-order chi connectivity index (χ0) is 19.2. The van der Waals surface area contributed by atoms with Crippen LogP contribution < -0.4 is 15.4 Å². The lowest BCUT2D eigenvalue weighted by Crippen LogP contribution is -2.32. The minimum Gasteiger partial charge on any atom is -0.457 e. The second-order valence-electron chi connectivity index (χ2n) is 6.44. The highest BCUT2D eigenvalue weighted by Gasteiger charge is 2.21. The number of hydrogen-bond donors (Lipinski definition) is 2. The fourth-order valence-corrected chi connectivity index (χ4v) is 3.16. The third-order valence-corrected chi connectivity index (χ3v) is 4.61. The highest BCUT2D eigenvalue weighted by molar-refractivity contribution is 5.83. The third-order valence-electron chi connectivity index (χ3n) is 4.61. The maximum atomic E-state index is 12.4. The van der Waals surface area contributed by atoms with Gasteiger partial charge in [0, 0.05) is 31.6 Å². The molecule has 142 valence electrons. The number of nitrogens with zero attached hydrogens (tertiary/aromatic N) is 2. The predicted octanol–water partition coefficient (Wildman–Crippen LogP) is 2.94. The molecule has 1 aromatic heterocycles. The van der Waals surface area contributed by atoms with Crippen LogP contribution in [0.4, 0.5) is 11.4 Å². The van der Waals surface area contributed by atoms with E-state index >= 15 is 0 Å². The van der Waals surface area contributed by atoms with E-state index in [0.717, 1.165) is 25.9 Å². The van der Waals surface area contributed by atoms with Gasteiger partial charge in [-0.2, -0.15) is 0 Å². The van der Waals surface area contributed by atoms with Crippen molar-refractivity contribution in [2.75, 3.05) is 25.5 Å². The Labute approximate surface area is 157 Å². The van der Waals surface area contributed by atoms with Crippen molar-refractivity contribution in [3.63, 3.8) is 0 Å². The number of anilines is 1. The minimum atomic E-state index is -0.464. The minimum absolute atomic E-state index is 0.0645. The van der Waals surface area contributed by atoms with Gasteiger partial charge in [-0.05, 0) is 44.1 Å². The van der Waals surface area contributed by atoms with E-state index in [1.165, 1.54) is 6.07 Å². The number of carbonyl (C=O) groups is 1. The first-order valence-electron chi connectivity index (χ1n) is 8.89. The maximum Gasteiger partial charge on any atom is 0.296 e. The summed E-state index contributed by atoms with van der Waals surface area (Å²) in [5.41, 5.74) is 0.984. The Balaban J connectivity index is 1.71. The fourth-order valence-electron chi connectivity index (χ4n) is 3.16. The summed E-state index contributed by atoms with van der Waals surface area (Å²) < 4.78 is 5.74. The molecule has 0 unspecified atom stereocenters. The Hall–Kier alpha value is -3.00. The van der Waals surface area contributed by atoms with E-state index in [1.807, 2.05) is 0 Å². The van der Waals surface area contributed by atoms with E-state index < -0.39 is 4.92 Å². The van der Waals surface area contributed by atoms with Crippen molar-refractivity contribution in [2.24, 2.45) is 5.92 Å². The van der Waals surface area contributed by atoms with Gasteiger partial charge in [0.15, 0.2) is 0 Å². The van der Waals surface area contributed by atoms with Crippen LogP contribution in [0.2, 0.25) is 0 Å². The van der Waals surface area contributed by atoms with Crippen LogP contribution in [-0.4, -0.2) is 35.8 Å². The van der Waals surface area contributed by atoms with Crippen molar-refractivity contribution in [1.29, 1.82) is 0 Å². The smallest absolute Gasteiger partial charge is 0.296 e. The molecule has 0 bridgehead atoms. The van der Waals surface area contributed by atoms with Gasteiger partial charge >= 0.3 is 0 Å². The fraction of sp³-hybridized carbons (Fsp3) is 0.368. The SMILES string of the molecule is CNc1ccc(Oc2ccnc(CC(=O)C3CCNCC3)c2)cc1[N+](=O)[O-]. The van der Waals surface area contributed by atoms with Gasteiger partial charge in [0.2, 0.25) is 0 Å². The molecule has 0 radical (unpaired) electrons. The summed E-state index contributed by atoms with van der Waals surface area (Å²) in [5, 5.41) is 17.2. The van der Waals surface area contributed by atoms with Gasteiger partial charge in [-0.25, -0.2) is 0 Å². The molecule has 0 amide bonds.